The third-order valence-corrected chi connectivity index (χ3v) is 3.95. The second-order valence-electron chi connectivity index (χ2n) is 5.12. The lowest BCUT2D eigenvalue weighted by atomic mass is 10.0. The van der Waals surface area contributed by atoms with E-state index in [1.54, 1.807) is 0 Å². The molecule has 3 heterocycles. The molecule has 0 saturated carbocycles. The van der Waals surface area contributed by atoms with Gasteiger partial charge in [-0.05, 0) is 31.6 Å². The number of fused-ring (bicyclic) bond motifs is 1. The summed E-state index contributed by atoms with van der Waals surface area (Å²) in [5.74, 6) is 0. The van der Waals surface area contributed by atoms with Crippen LogP contribution in [0.5, 0.6) is 0 Å². The van der Waals surface area contributed by atoms with E-state index < -0.39 is 0 Å². The van der Waals surface area contributed by atoms with Gasteiger partial charge in [0.05, 0.1) is 11.7 Å². The maximum atomic E-state index is 4.22. The number of hydrogen-bond donors (Lipinski definition) is 1. The Morgan fingerprint density at radius 2 is 2.22 bits per heavy atom. The van der Waals surface area contributed by atoms with E-state index in [2.05, 4.69) is 46.1 Å². The van der Waals surface area contributed by atoms with Gasteiger partial charge in [0.25, 0.3) is 0 Å². The van der Waals surface area contributed by atoms with E-state index in [0.29, 0.717) is 6.04 Å². The summed E-state index contributed by atoms with van der Waals surface area (Å²) in [6, 6.07) is 2.64. The van der Waals surface area contributed by atoms with Crippen molar-refractivity contribution in [2.24, 2.45) is 7.05 Å². The number of rotatable bonds is 1. The van der Waals surface area contributed by atoms with Crippen LogP contribution in [-0.4, -0.2) is 41.1 Å². The highest BCUT2D eigenvalue weighted by Gasteiger charge is 2.22. The van der Waals surface area contributed by atoms with E-state index in [1.807, 2.05) is 12.4 Å². The number of nitrogens with zero attached hydrogens (tertiary/aromatic N) is 3. The first kappa shape index (κ1) is 11.7. The molecule has 0 aromatic carbocycles. The van der Waals surface area contributed by atoms with Crippen molar-refractivity contribution < 1.29 is 0 Å². The normalized spacial score (nSPS) is 22.2. The maximum Gasteiger partial charge on any atom is 0.0667 e. The lowest BCUT2D eigenvalue weighted by Crippen LogP contribution is -2.26. The van der Waals surface area contributed by atoms with Crippen molar-refractivity contribution in [3.63, 3.8) is 0 Å². The first-order valence-corrected chi connectivity index (χ1v) is 6.57. The number of hydrogen-bond acceptors (Lipinski definition) is 3. The van der Waals surface area contributed by atoms with Crippen LogP contribution < -0.4 is 5.32 Å². The average Bonchev–Trinajstić information content (AvgIpc) is 2.57. The SMILES string of the molecule is CN1CCNCCC1c1cn(C)c2cnccc12. The Balaban J connectivity index is 2.07. The molecule has 0 bridgehead atoms. The summed E-state index contributed by atoms with van der Waals surface area (Å²) < 4.78 is 2.18. The van der Waals surface area contributed by atoms with Crippen molar-refractivity contribution in [3.05, 3.63) is 30.2 Å². The van der Waals surface area contributed by atoms with Crippen LogP contribution >= 0.6 is 0 Å². The molecule has 0 spiro atoms. The van der Waals surface area contributed by atoms with Crippen molar-refractivity contribution in [3.8, 4) is 0 Å². The molecule has 3 rings (SSSR count). The Morgan fingerprint density at radius 3 is 3.11 bits per heavy atom. The molecule has 1 aliphatic heterocycles. The molecule has 1 aliphatic rings. The van der Waals surface area contributed by atoms with Crippen LogP contribution in [0.2, 0.25) is 0 Å². The van der Waals surface area contributed by atoms with Gasteiger partial charge >= 0.3 is 0 Å². The molecule has 1 atom stereocenters. The minimum Gasteiger partial charge on any atom is -0.349 e. The molecule has 1 N–H and O–H groups in total. The smallest absolute Gasteiger partial charge is 0.0667 e. The second-order valence-corrected chi connectivity index (χ2v) is 5.12. The fourth-order valence-electron chi connectivity index (χ4n) is 2.91. The van der Waals surface area contributed by atoms with Crippen molar-refractivity contribution in [1.29, 1.82) is 0 Å². The molecular weight excluding hydrogens is 224 g/mol. The first-order valence-electron chi connectivity index (χ1n) is 6.57. The molecule has 1 saturated heterocycles. The largest absolute Gasteiger partial charge is 0.349 e. The summed E-state index contributed by atoms with van der Waals surface area (Å²) in [6.07, 6.45) is 7.27. The van der Waals surface area contributed by atoms with Gasteiger partial charge in [0.1, 0.15) is 0 Å². The predicted molar refractivity (Wildman–Crippen MR) is 73.6 cm³/mol. The van der Waals surface area contributed by atoms with Crippen molar-refractivity contribution in [1.82, 2.24) is 19.8 Å². The van der Waals surface area contributed by atoms with Gasteiger partial charge in [-0.3, -0.25) is 9.88 Å². The second kappa shape index (κ2) is 4.71. The molecule has 4 nitrogen and oxygen atoms in total. The maximum absolute atomic E-state index is 4.22. The van der Waals surface area contributed by atoms with E-state index >= 15 is 0 Å². The molecule has 1 unspecified atom stereocenters. The van der Waals surface area contributed by atoms with Crippen molar-refractivity contribution in [2.75, 3.05) is 26.7 Å². The standard InChI is InChI=1S/C14H20N4/c1-17-8-7-15-6-4-13(17)12-10-18(2)14-9-16-5-3-11(12)14/h3,5,9-10,13,15H,4,6-8H2,1-2H3. The number of pyridine rings is 1. The minimum atomic E-state index is 0.506. The Kier molecular flexibility index (Phi) is 3.06. The molecule has 0 amide bonds. The molecule has 96 valence electrons. The summed E-state index contributed by atoms with van der Waals surface area (Å²) in [5.41, 5.74) is 2.65. The summed E-state index contributed by atoms with van der Waals surface area (Å²) in [7, 11) is 4.32. The van der Waals surface area contributed by atoms with Gasteiger partial charge in [0.15, 0.2) is 0 Å². The van der Waals surface area contributed by atoms with Gasteiger partial charge in [0, 0.05) is 44.0 Å². The predicted octanol–water partition coefficient (Wildman–Crippen LogP) is 1.54. The molecule has 0 aliphatic carbocycles. The molecule has 2 aromatic heterocycles. The quantitative estimate of drug-likeness (QED) is 0.826. The minimum absolute atomic E-state index is 0.506. The van der Waals surface area contributed by atoms with Gasteiger partial charge in [-0.2, -0.15) is 0 Å². The molecule has 0 radical (unpaired) electrons. The van der Waals surface area contributed by atoms with Crippen LogP contribution in [0, 0.1) is 0 Å². The number of likely N-dealkylation sites (N-methyl/N-ethyl adjacent to an activating group) is 1. The fourth-order valence-corrected chi connectivity index (χ4v) is 2.91. The molecule has 1 fully saturated rings. The summed E-state index contributed by atoms with van der Waals surface area (Å²) >= 11 is 0. The lowest BCUT2D eigenvalue weighted by molar-refractivity contribution is 0.259. The van der Waals surface area contributed by atoms with Gasteiger partial charge in [0.2, 0.25) is 0 Å². The topological polar surface area (TPSA) is 33.1 Å². The van der Waals surface area contributed by atoms with Crippen LogP contribution in [0.15, 0.2) is 24.7 Å². The Bertz CT molecular complexity index is 546. The molecule has 18 heavy (non-hydrogen) atoms. The van der Waals surface area contributed by atoms with Crippen LogP contribution in [0.25, 0.3) is 10.9 Å². The third kappa shape index (κ3) is 1.91. The number of aromatic nitrogens is 2. The van der Waals surface area contributed by atoms with Crippen LogP contribution in [-0.2, 0) is 7.05 Å². The van der Waals surface area contributed by atoms with Gasteiger partial charge < -0.3 is 9.88 Å². The zero-order valence-electron chi connectivity index (χ0n) is 11.1. The number of aryl methyl sites for hydroxylation is 1. The summed E-state index contributed by atoms with van der Waals surface area (Å²) in [6.45, 7) is 3.28. The molecule has 4 heteroatoms. The highest BCUT2D eigenvalue weighted by atomic mass is 15.2. The monoisotopic (exact) mass is 244 g/mol. The van der Waals surface area contributed by atoms with Crippen LogP contribution in [0.3, 0.4) is 0 Å². The van der Waals surface area contributed by atoms with E-state index in [9.17, 15) is 0 Å². The van der Waals surface area contributed by atoms with E-state index in [1.165, 1.54) is 16.5 Å². The Hall–Kier alpha value is -1.39. The fraction of sp³-hybridized carbons (Fsp3) is 0.500. The van der Waals surface area contributed by atoms with Gasteiger partial charge in [-0.15, -0.1) is 0 Å². The van der Waals surface area contributed by atoms with E-state index in [-0.39, 0.29) is 0 Å². The Morgan fingerprint density at radius 1 is 1.33 bits per heavy atom. The molecule has 2 aromatic rings. The van der Waals surface area contributed by atoms with Crippen LogP contribution in [0.4, 0.5) is 0 Å². The zero-order chi connectivity index (χ0) is 12.5. The zero-order valence-corrected chi connectivity index (χ0v) is 11.1. The van der Waals surface area contributed by atoms with Gasteiger partial charge in [-0.1, -0.05) is 0 Å². The highest BCUT2D eigenvalue weighted by molar-refractivity contribution is 5.83. The van der Waals surface area contributed by atoms with E-state index in [0.717, 1.165) is 26.1 Å². The Labute approximate surface area is 108 Å². The summed E-state index contributed by atoms with van der Waals surface area (Å²) in [5, 5.41) is 4.81. The molecular formula is C14H20N4. The first-order chi connectivity index (χ1) is 8.77. The van der Waals surface area contributed by atoms with E-state index in [4.69, 9.17) is 0 Å². The van der Waals surface area contributed by atoms with Crippen molar-refractivity contribution >= 4 is 10.9 Å². The summed E-state index contributed by atoms with van der Waals surface area (Å²) in [4.78, 5) is 6.68. The highest BCUT2D eigenvalue weighted by Crippen LogP contribution is 2.31. The van der Waals surface area contributed by atoms with Crippen LogP contribution in [0.1, 0.15) is 18.0 Å². The third-order valence-electron chi connectivity index (χ3n) is 3.95. The van der Waals surface area contributed by atoms with Crippen molar-refractivity contribution in [2.45, 2.75) is 12.5 Å². The van der Waals surface area contributed by atoms with Gasteiger partial charge in [-0.25, -0.2) is 0 Å². The average molecular weight is 244 g/mol. The number of nitrogens with one attached hydrogen (secondary N) is 1. The lowest BCUT2D eigenvalue weighted by Gasteiger charge is -2.25.